The number of hydrogen-bond acceptors (Lipinski definition) is 14. The van der Waals surface area contributed by atoms with Crippen LogP contribution in [0.1, 0.15) is 118 Å². The number of nitrogens with zero attached hydrogens (tertiary/aromatic N) is 2. The quantitative estimate of drug-likeness (QED) is 0.0266. The van der Waals surface area contributed by atoms with Gasteiger partial charge in [-0.3, -0.25) is 28.8 Å². The molecule has 6 atom stereocenters. The molecule has 0 radical (unpaired) electrons. The highest BCUT2D eigenvalue weighted by molar-refractivity contribution is 5.99. The molecule has 4 bridgehead atoms. The van der Waals surface area contributed by atoms with E-state index in [9.17, 15) is 33.6 Å². The number of aryl methyl sites for hydroxylation is 1. The van der Waals surface area contributed by atoms with Gasteiger partial charge in [-0.15, -0.1) is 0 Å². The number of carbonyl (C=O) groups excluding carboxylic acids is 8. The Balaban J connectivity index is 1.47. The zero-order chi connectivity index (χ0) is 60.1. The first-order chi connectivity index (χ1) is 39.1. The second-order valence-electron chi connectivity index (χ2n) is 21.3. The van der Waals surface area contributed by atoms with Crippen molar-refractivity contribution in [2.24, 2.45) is 5.73 Å². The maximum absolute atomic E-state index is 15.1. The van der Waals surface area contributed by atoms with Crippen LogP contribution >= 0.6 is 0 Å². The minimum atomic E-state index is -1.78. The molecule has 21 nitrogen and oxygen atoms in total. The van der Waals surface area contributed by atoms with Crippen LogP contribution in [-0.4, -0.2) is 142 Å². The lowest BCUT2D eigenvalue weighted by atomic mass is 9.93. The third-order valence-electron chi connectivity index (χ3n) is 13.9. The molecule has 1 heterocycles. The minimum absolute atomic E-state index is 0.0181. The number of ether oxygens (including phenoxy) is 5. The number of esters is 1. The molecule has 0 saturated heterocycles. The Morgan fingerprint density at radius 2 is 1.43 bits per heavy atom. The number of fused-ring (bicyclic) bond motifs is 5. The van der Waals surface area contributed by atoms with Gasteiger partial charge in [0.25, 0.3) is 11.8 Å². The highest BCUT2D eigenvalue weighted by atomic mass is 16.6. The van der Waals surface area contributed by atoms with Gasteiger partial charge in [-0.05, 0) is 118 Å². The summed E-state index contributed by atoms with van der Waals surface area (Å²) in [4.78, 5) is 114. The zero-order valence-electron chi connectivity index (χ0n) is 48.9. The van der Waals surface area contributed by atoms with E-state index in [0.29, 0.717) is 40.2 Å². The molecule has 21 heteroatoms. The van der Waals surface area contributed by atoms with Gasteiger partial charge < -0.3 is 65.8 Å². The van der Waals surface area contributed by atoms with Crippen molar-refractivity contribution in [3.63, 3.8) is 0 Å². The Hall–Kier alpha value is -8.04. The predicted octanol–water partition coefficient (Wildman–Crippen LogP) is 5.65. The third-order valence-corrected chi connectivity index (χ3v) is 13.9. The zero-order valence-corrected chi connectivity index (χ0v) is 48.9. The number of hydrogen-bond donors (Lipinski definition) is 6. The van der Waals surface area contributed by atoms with Crippen LogP contribution in [0.3, 0.4) is 0 Å². The van der Waals surface area contributed by atoms with Crippen LogP contribution in [0.2, 0.25) is 0 Å². The summed E-state index contributed by atoms with van der Waals surface area (Å²) >= 11 is 0. The number of likely N-dealkylation sites (N-methyl/N-ethyl adjacent to an activating group) is 2. The largest absolute Gasteiger partial charge is 0.496 e. The first-order valence-electron chi connectivity index (χ1n) is 27.7. The van der Waals surface area contributed by atoms with Crippen LogP contribution in [0.15, 0.2) is 91.0 Å². The maximum atomic E-state index is 15.1. The van der Waals surface area contributed by atoms with E-state index >= 15 is 4.79 Å². The van der Waals surface area contributed by atoms with E-state index in [1.165, 1.54) is 47.2 Å². The minimum Gasteiger partial charge on any atom is -0.496 e. The van der Waals surface area contributed by atoms with Crippen molar-refractivity contribution in [3.05, 3.63) is 119 Å². The van der Waals surface area contributed by atoms with Gasteiger partial charge in [0.2, 0.25) is 23.6 Å². The molecule has 0 aliphatic carbocycles. The number of alkyl carbamates (subject to hydrolysis) is 1. The molecule has 4 aromatic carbocycles. The lowest BCUT2D eigenvalue weighted by Gasteiger charge is -2.33. The fourth-order valence-electron chi connectivity index (χ4n) is 9.30. The lowest BCUT2D eigenvalue weighted by Crippen LogP contribution is -2.61. The van der Waals surface area contributed by atoms with Crippen molar-refractivity contribution in [2.45, 2.75) is 141 Å². The van der Waals surface area contributed by atoms with E-state index in [-0.39, 0.29) is 44.6 Å². The van der Waals surface area contributed by atoms with Crippen molar-refractivity contribution >= 4 is 47.5 Å². The van der Waals surface area contributed by atoms with E-state index < -0.39 is 89.5 Å². The van der Waals surface area contributed by atoms with Crippen LogP contribution < -0.4 is 41.8 Å². The molecule has 5 rings (SSSR count). The molecule has 0 saturated carbocycles. The molecule has 0 aromatic heterocycles. The molecule has 82 heavy (non-hydrogen) atoms. The number of nitrogens with two attached hydrogens (primary N) is 1. The van der Waals surface area contributed by atoms with Gasteiger partial charge in [0, 0.05) is 43.8 Å². The second kappa shape index (κ2) is 31.2. The Morgan fingerprint density at radius 3 is 2.07 bits per heavy atom. The molecule has 1 aliphatic rings. The van der Waals surface area contributed by atoms with E-state index in [0.717, 1.165) is 48.1 Å². The molecule has 444 valence electrons. The van der Waals surface area contributed by atoms with Crippen molar-refractivity contribution in [3.8, 4) is 22.6 Å². The Bertz CT molecular complexity index is 2820. The molecule has 0 fully saturated rings. The van der Waals surface area contributed by atoms with Crippen molar-refractivity contribution in [1.29, 1.82) is 0 Å². The summed E-state index contributed by atoms with van der Waals surface area (Å²) in [6, 6.07) is 19.9. The predicted molar refractivity (Wildman–Crippen MR) is 308 cm³/mol. The van der Waals surface area contributed by atoms with Gasteiger partial charge in [0.05, 0.1) is 34.5 Å². The summed E-state index contributed by atoms with van der Waals surface area (Å²) in [5.74, 6) is -4.56. The average Bonchev–Trinajstić information content (AvgIpc) is 3.30. The normalized spacial score (nSPS) is 16.3. The molecular formula is C61H82N8O13. The van der Waals surface area contributed by atoms with E-state index in [2.05, 4.69) is 33.5 Å². The van der Waals surface area contributed by atoms with Crippen molar-refractivity contribution < 1.29 is 62.0 Å². The third kappa shape index (κ3) is 18.8. The summed E-state index contributed by atoms with van der Waals surface area (Å²) in [6.45, 7) is 8.71. The van der Waals surface area contributed by atoms with Gasteiger partial charge in [-0.2, -0.15) is 0 Å². The monoisotopic (exact) mass is 1130 g/mol. The number of nitrogens with one attached hydrogen (secondary N) is 5. The summed E-state index contributed by atoms with van der Waals surface area (Å²) in [7, 11) is 6.95. The summed E-state index contributed by atoms with van der Waals surface area (Å²) in [6.07, 6.45) is 3.31. The second-order valence-corrected chi connectivity index (χ2v) is 21.3. The first-order valence-corrected chi connectivity index (χ1v) is 27.7. The standard InChI is InChI=1S/C61H82N8O13/c1-11-12-13-15-20-39-24-27-42(28-25-39)57(74)68(6)48(37-81-36-40-21-16-14-17-22-40)54(71)67-52(62)56(73)65-46(23-18-19-32-63-60(77)82-61(3,4)5)58(75)69(7)51-43-29-31-50(79-9)45(35-43)44-33-41(26-30-49(44)78-8)34-47(59(76)80-10)66-53(70)38(2)64-55(51)72/h14,16-17,21-22,24-31,33,35,38,46-48,51-52H,11-13,15,18-20,23,32,34,36-37,62H2,1-10H3,(H,63,77)(H,64,72)(H,65,73)(H,66,70)(H,67,71)/t38-,46-,47?,48+,51-,52-/m0/s1. The fraction of sp³-hybridized carbons (Fsp3) is 0.475. The SMILES string of the molecule is CCCCCCc1ccc(C(=O)N(C)[C@H](COCc2ccccc2)C(=O)N[C@H](N)C(=O)N[C@@H](CCCCNC(=O)OC(C)(C)C)C(=O)N(C)[C@@H]2C(=O)N[C@@H](C)C(=O)NC(C(=O)OC)Cc3ccc(OC)c(c3)-c3cc2ccc3OC)cc1. The number of unbranched alkanes of at least 4 members (excludes halogenated alkanes) is 4. The average molecular weight is 1140 g/mol. The van der Waals surface area contributed by atoms with Gasteiger partial charge in [0.1, 0.15) is 47.3 Å². The van der Waals surface area contributed by atoms with Gasteiger partial charge in [-0.25, -0.2) is 9.59 Å². The van der Waals surface area contributed by atoms with Gasteiger partial charge >= 0.3 is 12.1 Å². The Morgan fingerprint density at radius 1 is 0.756 bits per heavy atom. The number of benzene rings is 4. The molecule has 1 unspecified atom stereocenters. The fourth-order valence-corrected chi connectivity index (χ4v) is 9.30. The molecule has 1 aliphatic heterocycles. The summed E-state index contributed by atoms with van der Waals surface area (Å²) in [5.41, 5.74) is 9.77. The molecule has 7 N–H and O–H groups in total. The maximum Gasteiger partial charge on any atom is 0.407 e. The van der Waals surface area contributed by atoms with Crippen LogP contribution in [0, 0.1) is 0 Å². The molecule has 4 aromatic rings. The Labute approximate surface area is 481 Å². The molecule has 0 spiro atoms. The lowest BCUT2D eigenvalue weighted by molar-refractivity contribution is -0.145. The first kappa shape index (κ1) is 64.8. The number of methoxy groups -OCH3 is 3. The van der Waals surface area contributed by atoms with Crippen molar-refractivity contribution in [2.75, 3.05) is 48.6 Å². The Kier molecular flexibility index (Phi) is 24.7. The van der Waals surface area contributed by atoms with Crippen LogP contribution in [0.25, 0.3) is 11.1 Å². The number of rotatable bonds is 25. The van der Waals surface area contributed by atoms with Crippen LogP contribution in [0.4, 0.5) is 4.79 Å². The van der Waals surface area contributed by atoms with Crippen molar-refractivity contribution in [1.82, 2.24) is 36.4 Å². The summed E-state index contributed by atoms with van der Waals surface area (Å²) in [5, 5.41) is 13.3. The number of amides is 7. The topological polar surface area (TPSA) is 275 Å². The number of carbonyl (C=O) groups is 8. The van der Waals surface area contributed by atoms with Gasteiger partial charge in [0.15, 0.2) is 6.17 Å². The molecule has 7 amide bonds. The molecular weight excluding hydrogens is 1050 g/mol. The van der Waals surface area contributed by atoms with E-state index in [4.69, 9.17) is 29.4 Å². The van der Waals surface area contributed by atoms with Gasteiger partial charge in [-0.1, -0.05) is 80.8 Å². The highest BCUT2D eigenvalue weighted by Gasteiger charge is 2.38. The van der Waals surface area contributed by atoms with E-state index in [1.54, 1.807) is 69.3 Å². The highest BCUT2D eigenvalue weighted by Crippen LogP contribution is 2.40. The smallest absolute Gasteiger partial charge is 0.407 e. The van der Waals surface area contributed by atoms with E-state index in [1.807, 2.05) is 42.5 Å². The summed E-state index contributed by atoms with van der Waals surface area (Å²) < 4.78 is 28.0. The van der Waals surface area contributed by atoms with Crippen LogP contribution in [-0.2, 0) is 62.4 Å². The van der Waals surface area contributed by atoms with Crippen LogP contribution in [0.5, 0.6) is 11.5 Å².